The summed E-state index contributed by atoms with van der Waals surface area (Å²) in [6.07, 6.45) is 1.53. The molecule has 0 aromatic carbocycles. The van der Waals surface area contributed by atoms with E-state index in [2.05, 4.69) is 0 Å². The summed E-state index contributed by atoms with van der Waals surface area (Å²) in [7, 11) is -3.38. The summed E-state index contributed by atoms with van der Waals surface area (Å²) >= 11 is 0. The standard InChI is InChI=1S/C10H20N2O4S/c1-2-16-10(13)5-7-17(14,15)12-6-3-4-9(11)8-12/h9H,2-8,11H2,1H3. The second kappa shape index (κ2) is 6.32. The lowest BCUT2D eigenvalue weighted by molar-refractivity contribution is -0.142. The molecule has 0 aromatic heterocycles. The number of esters is 1. The highest BCUT2D eigenvalue weighted by atomic mass is 32.2. The molecule has 7 heteroatoms. The molecular formula is C10H20N2O4S. The normalized spacial score (nSPS) is 22.4. The lowest BCUT2D eigenvalue weighted by atomic mass is 10.1. The number of carbonyl (C=O) groups excluding carboxylic acids is 1. The van der Waals surface area contributed by atoms with E-state index in [0.717, 1.165) is 12.8 Å². The van der Waals surface area contributed by atoms with Gasteiger partial charge in [-0.3, -0.25) is 4.79 Å². The average molecular weight is 264 g/mol. The molecule has 0 bridgehead atoms. The van der Waals surface area contributed by atoms with Crippen molar-refractivity contribution < 1.29 is 17.9 Å². The van der Waals surface area contributed by atoms with Crippen LogP contribution in [0.1, 0.15) is 26.2 Å². The van der Waals surface area contributed by atoms with E-state index in [0.29, 0.717) is 13.1 Å². The molecule has 100 valence electrons. The minimum Gasteiger partial charge on any atom is -0.466 e. The Labute approximate surface area is 102 Å². The van der Waals surface area contributed by atoms with E-state index in [1.165, 1.54) is 4.31 Å². The van der Waals surface area contributed by atoms with Crippen molar-refractivity contribution >= 4 is 16.0 Å². The van der Waals surface area contributed by atoms with Crippen LogP contribution >= 0.6 is 0 Å². The van der Waals surface area contributed by atoms with Crippen molar-refractivity contribution in [2.24, 2.45) is 5.73 Å². The molecule has 1 aliphatic heterocycles. The van der Waals surface area contributed by atoms with Crippen molar-refractivity contribution in [3.8, 4) is 0 Å². The van der Waals surface area contributed by atoms with E-state index < -0.39 is 16.0 Å². The Balaban J connectivity index is 2.47. The van der Waals surface area contributed by atoms with Crippen LogP contribution in [0.3, 0.4) is 0 Å². The summed E-state index contributed by atoms with van der Waals surface area (Å²) < 4.78 is 29.9. The van der Waals surface area contributed by atoms with Crippen LogP contribution in [0.2, 0.25) is 0 Å². The lowest BCUT2D eigenvalue weighted by Gasteiger charge is -2.29. The first-order chi connectivity index (χ1) is 7.95. The molecule has 0 spiro atoms. The topological polar surface area (TPSA) is 89.7 Å². The number of sulfonamides is 1. The zero-order valence-corrected chi connectivity index (χ0v) is 10.9. The van der Waals surface area contributed by atoms with Crippen LogP contribution in [0.4, 0.5) is 0 Å². The van der Waals surface area contributed by atoms with E-state index in [9.17, 15) is 13.2 Å². The van der Waals surface area contributed by atoms with Crippen molar-refractivity contribution in [2.75, 3.05) is 25.4 Å². The molecule has 1 atom stereocenters. The summed E-state index contributed by atoms with van der Waals surface area (Å²) in [5.41, 5.74) is 5.73. The second-order valence-corrected chi connectivity index (χ2v) is 6.22. The molecular weight excluding hydrogens is 244 g/mol. The molecule has 0 amide bonds. The number of rotatable bonds is 5. The van der Waals surface area contributed by atoms with Gasteiger partial charge in [-0.1, -0.05) is 0 Å². The highest BCUT2D eigenvalue weighted by Gasteiger charge is 2.27. The summed E-state index contributed by atoms with van der Waals surface area (Å²) in [6, 6.07) is -0.0962. The van der Waals surface area contributed by atoms with Crippen LogP contribution < -0.4 is 5.73 Å². The molecule has 0 aromatic rings. The summed E-state index contributed by atoms with van der Waals surface area (Å²) in [5.74, 6) is -0.671. The quantitative estimate of drug-likeness (QED) is 0.688. The van der Waals surface area contributed by atoms with Crippen LogP contribution in [-0.2, 0) is 19.6 Å². The predicted molar refractivity (Wildman–Crippen MR) is 63.8 cm³/mol. The molecule has 0 radical (unpaired) electrons. The minimum atomic E-state index is -3.38. The third-order valence-electron chi connectivity index (χ3n) is 2.68. The number of carbonyl (C=O) groups is 1. The summed E-state index contributed by atoms with van der Waals surface area (Å²) in [6.45, 7) is 2.81. The molecule has 6 nitrogen and oxygen atoms in total. The molecule has 17 heavy (non-hydrogen) atoms. The van der Waals surface area contributed by atoms with Gasteiger partial charge >= 0.3 is 5.97 Å². The third kappa shape index (κ3) is 4.61. The zero-order valence-electron chi connectivity index (χ0n) is 10.1. The Bertz CT molecular complexity index is 355. The second-order valence-electron chi connectivity index (χ2n) is 4.13. The molecule has 0 aliphatic carbocycles. The monoisotopic (exact) mass is 264 g/mol. The first-order valence-corrected chi connectivity index (χ1v) is 7.45. The predicted octanol–water partition coefficient (Wildman–Crippen LogP) is -0.307. The highest BCUT2D eigenvalue weighted by Crippen LogP contribution is 2.13. The van der Waals surface area contributed by atoms with Gasteiger partial charge in [0.1, 0.15) is 0 Å². The van der Waals surface area contributed by atoms with E-state index in [-0.39, 0.29) is 24.8 Å². The number of hydrogen-bond acceptors (Lipinski definition) is 5. The third-order valence-corrected chi connectivity index (χ3v) is 4.52. The van der Waals surface area contributed by atoms with Gasteiger partial charge in [0.25, 0.3) is 0 Å². The molecule has 1 rings (SSSR count). The molecule has 1 heterocycles. The summed E-state index contributed by atoms with van der Waals surface area (Å²) in [4.78, 5) is 11.1. The average Bonchev–Trinajstić information content (AvgIpc) is 2.27. The number of ether oxygens (including phenoxy) is 1. The number of nitrogens with two attached hydrogens (primary N) is 1. The van der Waals surface area contributed by atoms with Crippen LogP contribution in [0.5, 0.6) is 0 Å². The fourth-order valence-electron chi connectivity index (χ4n) is 1.80. The van der Waals surface area contributed by atoms with E-state index in [1.54, 1.807) is 6.92 Å². The van der Waals surface area contributed by atoms with E-state index in [1.807, 2.05) is 0 Å². The molecule has 1 aliphatic rings. The molecule has 1 fully saturated rings. The molecule has 1 saturated heterocycles. The maximum Gasteiger partial charge on any atom is 0.306 e. The Morgan fingerprint density at radius 2 is 2.24 bits per heavy atom. The van der Waals surface area contributed by atoms with Crippen LogP contribution in [-0.4, -0.2) is 50.2 Å². The van der Waals surface area contributed by atoms with Gasteiger partial charge in [0.15, 0.2) is 0 Å². The van der Waals surface area contributed by atoms with Gasteiger partial charge in [-0.25, -0.2) is 12.7 Å². The van der Waals surface area contributed by atoms with Gasteiger partial charge in [0.05, 0.1) is 18.8 Å². The largest absolute Gasteiger partial charge is 0.466 e. The summed E-state index contributed by atoms with van der Waals surface area (Å²) in [5, 5.41) is 0. The molecule has 0 saturated carbocycles. The Hall–Kier alpha value is -0.660. The number of nitrogens with zero attached hydrogens (tertiary/aromatic N) is 1. The smallest absolute Gasteiger partial charge is 0.306 e. The fraction of sp³-hybridized carbons (Fsp3) is 0.900. The minimum absolute atomic E-state index is 0.0953. The van der Waals surface area contributed by atoms with Crippen molar-refractivity contribution in [1.82, 2.24) is 4.31 Å². The Kier molecular flexibility index (Phi) is 5.35. The maximum absolute atomic E-state index is 11.9. The van der Waals surface area contributed by atoms with Crippen LogP contribution in [0.15, 0.2) is 0 Å². The molecule has 1 unspecified atom stereocenters. The van der Waals surface area contributed by atoms with Crippen molar-refractivity contribution in [1.29, 1.82) is 0 Å². The number of hydrogen-bond donors (Lipinski definition) is 1. The van der Waals surface area contributed by atoms with Crippen LogP contribution in [0.25, 0.3) is 0 Å². The van der Waals surface area contributed by atoms with Crippen LogP contribution in [0, 0.1) is 0 Å². The van der Waals surface area contributed by atoms with Crippen molar-refractivity contribution in [2.45, 2.75) is 32.2 Å². The van der Waals surface area contributed by atoms with Gasteiger partial charge < -0.3 is 10.5 Å². The number of piperidine rings is 1. The van der Waals surface area contributed by atoms with Gasteiger partial charge in [-0.2, -0.15) is 0 Å². The molecule has 2 N–H and O–H groups in total. The van der Waals surface area contributed by atoms with Crippen molar-refractivity contribution in [3.63, 3.8) is 0 Å². The fourth-order valence-corrected chi connectivity index (χ4v) is 3.31. The maximum atomic E-state index is 11.9. The van der Waals surface area contributed by atoms with Gasteiger partial charge in [-0.05, 0) is 19.8 Å². The van der Waals surface area contributed by atoms with E-state index >= 15 is 0 Å². The lowest BCUT2D eigenvalue weighted by Crippen LogP contribution is -2.46. The Morgan fingerprint density at radius 3 is 2.82 bits per heavy atom. The zero-order chi connectivity index (χ0) is 12.9. The van der Waals surface area contributed by atoms with Gasteiger partial charge in [0, 0.05) is 19.1 Å². The Morgan fingerprint density at radius 1 is 1.53 bits per heavy atom. The van der Waals surface area contributed by atoms with E-state index in [4.69, 9.17) is 10.5 Å². The van der Waals surface area contributed by atoms with Gasteiger partial charge in [0.2, 0.25) is 10.0 Å². The first-order valence-electron chi connectivity index (χ1n) is 5.84. The van der Waals surface area contributed by atoms with Crippen molar-refractivity contribution in [3.05, 3.63) is 0 Å². The first kappa shape index (κ1) is 14.4. The highest BCUT2D eigenvalue weighted by molar-refractivity contribution is 7.89. The van der Waals surface area contributed by atoms with Gasteiger partial charge in [-0.15, -0.1) is 0 Å². The SMILES string of the molecule is CCOC(=O)CCS(=O)(=O)N1CCCC(N)C1.